The second kappa shape index (κ2) is 8.47. The Morgan fingerprint density at radius 3 is 2.85 bits per heavy atom. The Labute approximate surface area is 123 Å². The van der Waals surface area contributed by atoms with E-state index in [9.17, 15) is 0 Å². The molecule has 0 amide bonds. The summed E-state index contributed by atoms with van der Waals surface area (Å²) in [5, 5.41) is 6.92. The molecular weight excluding hydrogens is 252 g/mol. The molecule has 116 valence electrons. The molecule has 2 fully saturated rings. The van der Waals surface area contributed by atoms with Gasteiger partial charge in [-0.05, 0) is 26.7 Å². The third-order valence-corrected chi connectivity index (χ3v) is 4.20. The highest BCUT2D eigenvalue weighted by Crippen LogP contribution is 2.17. The molecule has 1 unspecified atom stereocenters. The molecule has 0 aromatic rings. The van der Waals surface area contributed by atoms with Gasteiger partial charge in [-0.2, -0.15) is 0 Å². The molecule has 2 rings (SSSR count). The maximum absolute atomic E-state index is 5.46. The van der Waals surface area contributed by atoms with E-state index in [1.807, 2.05) is 0 Å². The molecule has 1 saturated carbocycles. The average Bonchev–Trinajstić information content (AvgIpc) is 2.94. The Morgan fingerprint density at radius 1 is 1.35 bits per heavy atom. The van der Waals surface area contributed by atoms with Gasteiger partial charge in [0.2, 0.25) is 0 Å². The summed E-state index contributed by atoms with van der Waals surface area (Å²) in [4.78, 5) is 7.18. The summed E-state index contributed by atoms with van der Waals surface area (Å²) in [7, 11) is 0. The van der Waals surface area contributed by atoms with Crippen molar-refractivity contribution in [3.05, 3.63) is 0 Å². The summed E-state index contributed by atoms with van der Waals surface area (Å²) in [6, 6.07) is 1.14. The van der Waals surface area contributed by atoms with Gasteiger partial charge in [-0.3, -0.25) is 9.89 Å². The highest BCUT2D eigenvalue weighted by molar-refractivity contribution is 5.80. The molecule has 1 heterocycles. The zero-order chi connectivity index (χ0) is 14.2. The van der Waals surface area contributed by atoms with Crippen molar-refractivity contribution in [2.24, 2.45) is 4.99 Å². The van der Waals surface area contributed by atoms with E-state index in [0.717, 1.165) is 45.4 Å². The number of nitrogens with one attached hydrogen (secondary N) is 2. The topological polar surface area (TPSA) is 48.9 Å². The molecule has 0 aromatic heterocycles. The third-order valence-electron chi connectivity index (χ3n) is 4.20. The molecular formula is C15H30N4O. The van der Waals surface area contributed by atoms with E-state index < -0.39 is 0 Å². The lowest BCUT2D eigenvalue weighted by molar-refractivity contribution is 0.00141. The molecule has 0 radical (unpaired) electrons. The minimum Gasteiger partial charge on any atom is -0.379 e. The molecule has 0 bridgehead atoms. The molecule has 1 aliphatic heterocycles. The van der Waals surface area contributed by atoms with Gasteiger partial charge in [-0.25, -0.2) is 0 Å². The first-order chi connectivity index (χ1) is 9.79. The van der Waals surface area contributed by atoms with Crippen LogP contribution in [-0.4, -0.2) is 62.3 Å². The molecule has 0 spiro atoms. The zero-order valence-electron chi connectivity index (χ0n) is 13.0. The predicted octanol–water partition coefficient (Wildman–Crippen LogP) is 1.20. The quantitative estimate of drug-likeness (QED) is 0.588. The SMILES string of the molecule is CCNC(=NCCN1CCOCC1C)NC1CCCC1. The second-order valence-corrected chi connectivity index (χ2v) is 5.85. The van der Waals surface area contributed by atoms with Crippen molar-refractivity contribution < 1.29 is 4.74 Å². The monoisotopic (exact) mass is 282 g/mol. The van der Waals surface area contributed by atoms with Crippen molar-refractivity contribution in [3.8, 4) is 0 Å². The van der Waals surface area contributed by atoms with Crippen LogP contribution in [0.1, 0.15) is 39.5 Å². The highest BCUT2D eigenvalue weighted by atomic mass is 16.5. The fourth-order valence-corrected chi connectivity index (χ4v) is 2.97. The molecule has 1 aliphatic carbocycles. The maximum atomic E-state index is 5.46. The number of ether oxygens (including phenoxy) is 1. The normalized spacial score (nSPS) is 25.9. The van der Waals surface area contributed by atoms with Crippen LogP contribution in [0.2, 0.25) is 0 Å². The van der Waals surface area contributed by atoms with Gasteiger partial charge in [0.15, 0.2) is 5.96 Å². The Bertz CT molecular complexity index is 302. The van der Waals surface area contributed by atoms with Gasteiger partial charge >= 0.3 is 0 Å². The lowest BCUT2D eigenvalue weighted by Gasteiger charge is -2.32. The lowest BCUT2D eigenvalue weighted by atomic mass is 10.2. The molecule has 0 aromatic carbocycles. The third kappa shape index (κ3) is 4.94. The second-order valence-electron chi connectivity index (χ2n) is 5.85. The minimum absolute atomic E-state index is 0.518. The van der Waals surface area contributed by atoms with Crippen molar-refractivity contribution in [3.63, 3.8) is 0 Å². The standard InChI is InChI=1S/C15H30N4O/c1-3-16-15(18-14-6-4-5-7-14)17-8-9-19-10-11-20-12-13(19)2/h13-14H,3-12H2,1-2H3,(H2,16,17,18). The zero-order valence-corrected chi connectivity index (χ0v) is 13.0. The molecule has 5 nitrogen and oxygen atoms in total. The van der Waals surface area contributed by atoms with Crippen molar-refractivity contribution in [2.45, 2.75) is 51.6 Å². The van der Waals surface area contributed by atoms with Crippen LogP contribution < -0.4 is 10.6 Å². The van der Waals surface area contributed by atoms with E-state index in [2.05, 4.69) is 29.4 Å². The first kappa shape index (κ1) is 15.6. The Hall–Kier alpha value is -0.810. The summed E-state index contributed by atoms with van der Waals surface area (Å²) >= 11 is 0. The highest BCUT2D eigenvalue weighted by Gasteiger charge is 2.18. The van der Waals surface area contributed by atoms with E-state index >= 15 is 0 Å². The van der Waals surface area contributed by atoms with Crippen LogP contribution >= 0.6 is 0 Å². The minimum atomic E-state index is 0.518. The van der Waals surface area contributed by atoms with Crippen LogP contribution in [0.5, 0.6) is 0 Å². The number of hydrogen-bond donors (Lipinski definition) is 2. The Morgan fingerprint density at radius 2 is 2.15 bits per heavy atom. The van der Waals surface area contributed by atoms with Crippen molar-refractivity contribution in [1.29, 1.82) is 0 Å². The van der Waals surface area contributed by atoms with E-state index in [-0.39, 0.29) is 0 Å². The van der Waals surface area contributed by atoms with Crippen LogP contribution in [0.4, 0.5) is 0 Å². The number of aliphatic imine (C=N–C) groups is 1. The maximum Gasteiger partial charge on any atom is 0.191 e. The Kier molecular flexibility index (Phi) is 6.60. The molecule has 20 heavy (non-hydrogen) atoms. The van der Waals surface area contributed by atoms with Gasteiger partial charge < -0.3 is 15.4 Å². The van der Waals surface area contributed by atoms with Gasteiger partial charge in [-0.1, -0.05) is 12.8 Å². The van der Waals surface area contributed by atoms with Gasteiger partial charge in [-0.15, -0.1) is 0 Å². The van der Waals surface area contributed by atoms with Gasteiger partial charge in [0, 0.05) is 31.7 Å². The Balaban J connectivity index is 1.75. The summed E-state index contributed by atoms with van der Waals surface area (Å²) < 4.78 is 5.46. The molecule has 1 atom stereocenters. The fourth-order valence-electron chi connectivity index (χ4n) is 2.97. The summed E-state index contributed by atoms with van der Waals surface area (Å²) in [6.07, 6.45) is 5.26. The van der Waals surface area contributed by atoms with Gasteiger partial charge in [0.25, 0.3) is 0 Å². The van der Waals surface area contributed by atoms with Crippen LogP contribution in [-0.2, 0) is 4.74 Å². The predicted molar refractivity (Wildman–Crippen MR) is 83.2 cm³/mol. The van der Waals surface area contributed by atoms with Crippen molar-refractivity contribution in [2.75, 3.05) is 39.4 Å². The number of morpholine rings is 1. The molecule has 5 heteroatoms. The van der Waals surface area contributed by atoms with Gasteiger partial charge in [0.05, 0.1) is 19.8 Å². The van der Waals surface area contributed by atoms with Crippen LogP contribution in [0.15, 0.2) is 4.99 Å². The van der Waals surface area contributed by atoms with E-state index in [4.69, 9.17) is 9.73 Å². The lowest BCUT2D eigenvalue weighted by Crippen LogP contribution is -2.45. The fraction of sp³-hybridized carbons (Fsp3) is 0.933. The van der Waals surface area contributed by atoms with Crippen molar-refractivity contribution in [1.82, 2.24) is 15.5 Å². The smallest absolute Gasteiger partial charge is 0.191 e. The number of nitrogens with zero attached hydrogens (tertiary/aromatic N) is 2. The summed E-state index contributed by atoms with van der Waals surface area (Å²) in [5.41, 5.74) is 0. The first-order valence-electron chi connectivity index (χ1n) is 8.16. The number of rotatable bonds is 5. The van der Waals surface area contributed by atoms with Crippen LogP contribution in [0, 0.1) is 0 Å². The van der Waals surface area contributed by atoms with Crippen LogP contribution in [0.3, 0.4) is 0 Å². The molecule has 2 aliphatic rings. The first-order valence-corrected chi connectivity index (χ1v) is 8.16. The van der Waals surface area contributed by atoms with Crippen LogP contribution in [0.25, 0.3) is 0 Å². The summed E-state index contributed by atoms with van der Waals surface area (Å²) in [6.45, 7) is 9.88. The van der Waals surface area contributed by atoms with E-state index in [1.54, 1.807) is 0 Å². The number of hydrogen-bond acceptors (Lipinski definition) is 3. The van der Waals surface area contributed by atoms with E-state index in [1.165, 1.54) is 25.7 Å². The number of guanidine groups is 1. The summed E-state index contributed by atoms with van der Waals surface area (Å²) in [5.74, 6) is 0.986. The van der Waals surface area contributed by atoms with Crippen molar-refractivity contribution >= 4 is 5.96 Å². The van der Waals surface area contributed by atoms with Gasteiger partial charge in [0.1, 0.15) is 0 Å². The molecule has 2 N–H and O–H groups in total. The largest absolute Gasteiger partial charge is 0.379 e. The average molecular weight is 282 g/mol. The molecule has 1 saturated heterocycles. The van der Waals surface area contributed by atoms with E-state index in [0.29, 0.717) is 12.1 Å².